The normalized spacial score (nSPS) is 11.6. The standard InChI is InChI=1S/C27H30N2O2/c1-27(2,3)21-14-16-23(17-15-21)30-19-9-18-29-25-13-8-7-12-24(25)28-26(29)20-31-22-10-5-4-6-11-22/h4-8,10-17H,9,18-20H2,1-3H3. The number of benzene rings is 3. The molecule has 0 N–H and O–H groups in total. The largest absolute Gasteiger partial charge is 0.494 e. The topological polar surface area (TPSA) is 36.3 Å². The summed E-state index contributed by atoms with van der Waals surface area (Å²) < 4.78 is 14.2. The van der Waals surface area contributed by atoms with Crippen molar-refractivity contribution in [3.63, 3.8) is 0 Å². The van der Waals surface area contributed by atoms with E-state index in [1.165, 1.54) is 5.56 Å². The van der Waals surface area contributed by atoms with Crippen molar-refractivity contribution in [1.29, 1.82) is 0 Å². The van der Waals surface area contributed by atoms with Crippen molar-refractivity contribution in [1.82, 2.24) is 9.55 Å². The molecule has 0 bridgehead atoms. The van der Waals surface area contributed by atoms with Gasteiger partial charge in [0.15, 0.2) is 0 Å². The Morgan fingerprint density at radius 3 is 2.19 bits per heavy atom. The maximum atomic E-state index is 5.99. The van der Waals surface area contributed by atoms with Crippen LogP contribution in [-0.2, 0) is 18.6 Å². The van der Waals surface area contributed by atoms with Crippen LogP contribution in [0, 0.1) is 0 Å². The first-order valence-electron chi connectivity index (χ1n) is 10.9. The third kappa shape index (κ3) is 5.26. The summed E-state index contributed by atoms with van der Waals surface area (Å²) in [6, 6.07) is 26.5. The van der Waals surface area contributed by atoms with Crippen LogP contribution in [0.3, 0.4) is 0 Å². The van der Waals surface area contributed by atoms with Gasteiger partial charge in [-0.25, -0.2) is 4.98 Å². The molecule has 0 aliphatic rings. The van der Waals surface area contributed by atoms with Crippen LogP contribution in [0.1, 0.15) is 38.6 Å². The predicted molar refractivity (Wildman–Crippen MR) is 126 cm³/mol. The lowest BCUT2D eigenvalue weighted by atomic mass is 9.87. The number of nitrogens with zero attached hydrogens (tertiary/aromatic N) is 2. The first kappa shape index (κ1) is 21.0. The molecule has 0 aliphatic carbocycles. The van der Waals surface area contributed by atoms with E-state index in [0.29, 0.717) is 13.2 Å². The van der Waals surface area contributed by atoms with Crippen LogP contribution in [0.25, 0.3) is 11.0 Å². The summed E-state index contributed by atoms with van der Waals surface area (Å²) in [5.74, 6) is 2.69. The van der Waals surface area contributed by atoms with Crippen LogP contribution in [0.2, 0.25) is 0 Å². The molecule has 4 nitrogen and oxygen atoms in total. The SMILES string of the molecule is CC(C)(C)c1ccc(OCCCn2c(COc3ccccc3)nc3ccccc32)cc1. The van der Waals surface area contributed by atoms with Crippen molar-refractivity contribution in [3.8, 4) is 11.5 Å². The molecule has 0 atom stereocenters. The first-order chi connectivity index (χ1) is 15.0. The van der Waals surface area contributed by atoms with E-state index in [9.17, 15) is 0 Å². The highest BCUT2D eigenvalue weighted by Crippen LogP contribution is 2.24. The summed E-state index contributed by atoms with van der Waals surface area (Å²) in [7, 11) is 0. The molecular weight excluding hydrogens is 384 g/mol. The van der Waals surface area contributed by atoms with Gasteiger partial charge in [0.05, 0.1) is 17.6 Å². The molecule has 0 saturated heterocycles. The lowest BCUT2D eigenvalue weighted by molar-refractivity contribution is 0.280. The highest BCUT2D eigenvalue weighted by Gasteiger charge is 2.13. The van der Waals surface area contributed by atoms with E-state index in [4.69, 9.17) is 14.5 Å². The van der Waals surface area contributed by atoms with E-state index < -0.39 is 0 Å². The van der Waals surface area contributed by atoms with Crippen LogP contribution >= 0.6 is 0 Å². The number of aromatic nitrogens is 2. The zero-order chi connectivity index (χ0) is 21.7. The van der Waals surface area contributed by atoms with E-state index in [-0.39, 0.29) is 5.41 Å². The Morgan fingerprint density at radius 2 is 1.45 bits per heavy atom. The molecule has 31 heavy (non-hydrogen) atoms. The van der Waals surface area contributed by atoms with E-state index in [1.54, 1.807) is 0 Å². The van der Waals surface area contributed by atoms with Gasteiger partial charge in [-0.05, 0) is 53.8 Å². The van der Waals surface area contributed by atoms with Gasteiger partial charge in [0.25, 0.3) is 0 Å². The van der Waals surface area contributed by atoms with Crippen molar-refractivity contribution in [2.75, 3.05) is 6.61 Å². The molecule has 0 radical (unpaired) electrons. The highest BCUT2D eigenvalue weighted by molar-refractivity contribution is 5.75. The van der Waals surface area contributed by atoms with Crippen molar-refractivity contribution in [2.45, 2.75) is 45.8 Å². The van der Waals surface area contributed by atoms with E-state index in [2.05, 4.69) is 61.7 Å². The second-order valence-corrected chi connectivity index (χ2v) is 8.75. The molecule has 4 aromatic rings. The second kappa shape index (κ2) is 9.25. The van der Waals surface area contributed by atoms with Gasteiger partial charge < -0.3 is 14.0 Å². The monoisotopic (exact) mass is 414 g/mol. The van der Waals surface area contributed by atoms with Gasteiger partial charge in [-0.1, -0.05) is 63.2 Å². The zero-order valence-electron chi connectivity index (χ0n) is 18.5. The Hall–Kier alpha value is -3.27. The third-order valence-corrected chi connectivity index (χ3v) is 5.36. The zero-order valence-corrected chi connectivity index (χ0v) is 18.5. The fourth-order valence-corrected chi connectivity index (χ4v) is 3.61. The Balaban J connectivity index is 1.39. The molecule has 0 amide bonds. The third-order valence-electron chi connectivity index (χ3n) is 5.36. The van der Waals surface area contributed by atoms with E-state index in [1.807, 2.05) is 42.5 Å². The van der Waals surface area contributed by atoms with Crippen LogP contribution < -0.4 is 9.47 Å². The molecule has 0 saturated carbocycles. The highest BCUT2D eigenvalue weighted by atomic mass is 16.5. The summed E-state index contributed by atoms with van der Waals surface area (Å²) in [6.07, 6.45) is 0.889. The van der Waals surface area contributed by atoms with Crippen LogP contribution in [0.5, 0.6) is 11.5 Å². The van der Waals surface area contributed by atoms with Crippen LogP contribution in [0.15, 0.2) is 78.9 Å². The average Bonchev–Trinajstić information content (AvgIpc) is 3.13. The summed E-state index contributed by atoms with van der Waals surface area (Å²) >= 11 is 0. The van der Waals surface area contributed by atoms with Crippen molar-refractivity contribution < 1.29 is 9.47 Å². The van der Waals surface area contributed by atoms with Crippen molar-refractivity contribution in [3.05, 3.63) is 90.3 Å². The van der Waals surface area contributed by atoms with Crippen LogP contribution in [-0.4, -0.2) is 16.2 Å². The van der Waals surface area contributed by atoms with Gasteiger partial charge in [0, 0.05) is 6.54 Å². The minimum Gasteiger partial charge on any atom is -0.494 e. The summed E-state index contributed by atoms with van der Waals surface area (Å²) in [5.41, 5.74) is 3.59. The number of rotatable bonds is 8. The lowest BCUT2D eigenvalue weighted by Gasteiger charge is -2.19. The minimum absolute atomic E-state index is 0.152. The average molecular weight is 415 g/mol. The first-order valence-corrected chi connectivity index (χ1v) is 10.9. The van der Waals surface area contributed by atoms with Crippen LogP contribution in [0.4, 0.5) is 0 Å². The predicted octanol–water partition coefficient (Wildman–Crippen LogP) is 6.38. The number of para-hydroxylation sites is 3. The molecule has 3 aromatic carbocycles. The quantitative estimate of drug-likeness (QED) is 0.314. The summed E-state index contributed by atoms with van der Waals surface area (Å²) in [6.45, 7) is 8.58. The number of ether oxygens (including phenoxy) is 2. The minimum atomic E-state index is 0.152. The molecule has 0 fully saturated rings. The number of hydrogen-bond donors (Lipinski definition) is 0. The number of aryl methyl sites for hydroxylation is 1. The number of hydrogen-bond acceptors (Lipinski definition) is 3. The van der Waals surface area contributed by atoms with Gasteiger partial charge in [-0.2, -0.15) is 0 Å². The van der Waals surface area contributed by atoms with E-state index in [0.717, 1.165) is 41.3 Å². The molecular formula is C27H30N2O2. The fourth-order valence-electron chi connectivity index (χ4n) is 3.61. The molecule has 0 unspecified atom stereocenters. The van der Waals surface area contributed by atoms with Gasteiger partial charge in [0.2, 0.25) is 0 Å². The molecule has 4 heteroatoms. The van der Waals surface area contributed by atoms with Crippen molar-refractivity contribution in [2.24, 2.45) is 0 Å². The summed E-state index contributed by atoms with van der Waals surface area (Å²) in [5, 5.41) is 0. The number of imidazole rings is 1. The van der Waals surface area contributed by atoms with Crippen molar-refractivity contribution >= 4 is 11.0 Å². The molecule has 4 rings (SSSR count). The molecule has 1 heterocycles. The number of fused-ring (bicyclic) bond motifs is 1. The summed E-state index contributed by atoms with van der Waals surface area (Å²) in [4.78, 5) is 4.79. The second-order valence-electron chi connectivity index (χ2n) is 8.75. The Labute approximate surface area is 184 Å². The van der Waals surface area contributed by atoms with Gasteiger partial charge in [-0.3, -0.25) is 0 Å². The molecule has 0 spiro atoms. The molecule has 1 aromatic heterocycles. The van der Waals surface area contributed by atoms with Gasteiger partial charge in [-0.15, -0.1) is 0 Å². The van der Waals surface area contributed by atoms with Gasteiger partial charge >= 0.3 is 0 Å². The fraction of sp³-hybridized carbons (Fsp3) is 0.296. The van der Waals surface area contributed by atoms with E-state index >= 15 is 0 Å². The Bertz CT molecular complexity index is 1110. The Morgan fingerprint density at radius 1 is 0.774 bits per heavy atom. The molecule has 0 aliphatic heterocycles. The maximum Gasteiger partial charge on any atom is 0.147 e. The smallest absolute Gasteiger partial charge is 0.147 e. The lowest BCUT2D eigenvalue weighted by Crippen LogP contribution is -2.11. The van der Waals surface area contributed by atoms with Gasteiger partial charge in [0.1, 0.15) is 23.9 Å². The molecule has 160 valence electrons. The Kier molecular flexibility index (Phi) is 6.26. The maximum absolute atomic E-state index is 5.99.